The standard InChI is InChI=1S/C6H14O.CCl2F2/c1-5(2)7-6(3)4;2-1(3,4)5/h5-6H,1-4H3;. The smallest absolute Gasteiger partial charge is 0.376 e. The van der Waals surface area contributed by atoms with Crippen molar-refractivity contribution >= 4 is 23.2 Å². The van der Waals surface area contributed by atoms with Crippen molar-refractivity contribution in [3.8, 4) is 0 Å². The molecule has 76 valence electrons. The zero-order valence-corrected chi connectivity index (χ0v) is 9.09. The van der Waals surface area contributed by atoms with E-state index in [-0.39, 0.29) is 0 Å². The van der Waals surface area contributed by atoms with Crippen molar-refractivity contribution in [2.75, 3.05) is 0 Å². The van der Waals surface area contributed by atoms with E-state index in [1.165, 1.54) is 0 Å². The van der Waals surface area contributed by atoms with Gasteiger partial charge in [-0.05, 0) is 50.9 Å². The highest BCUT2D eigenvalue weighted by atomic mass is 35.5. The molecule has 12 heavy (non-hydrogen) atoms. The molecule has 0 aromatic carbocycles. The molecule has 5 heteroatoms. The van der Waals surface area contributed by atoms with Gasteiger partial charge in [0.05, 0.1) is 12.2 Å². The Labute approximate surface area is 82.0 Å². The summed E-state index contributed by atoms with van der Waals surface area (Å²) in [5.74, 6) is 0. The summed E-state index contributed by atoms with van der Waals surface area (Å²) >= 11 is 7.92. The fourth-order valence-electron chi connectivity index (χ4n) is 0.544. The molecule has 0 fully saturated rings. The molecule has 0 unspecified atom stereocenters. The third kappa shape index (κ3) is 47.5. The van der Waals surface area contributed by atoms with E-state index in [9.17, 15) is 8.78 Å². The highest BCUT2D eigenvalue weighted by Crippen LogP contribution is 2.22. The second-order valence-corrected chi connectivity index (χ2v) is 3.81. The zero-order chi connectivity index (χ0) is 10.4. The summed E-state index contributed by atoms with van der Waals surface area (Å²) in [6.45, 7) is 8.17. The normalized spacial score (nSPS) is 11.5. The molecule has 0 aliphatic heterocycles. The van der Waals surface area contributed by atoms with Crippen molar-refractivity contribution in [3.63, 3.8) is 0 Å². The molecule has 0 amide bonds. The molecule has 0 atom stereocenters. The molecule has 0 spiro atoms. The van der Waals surface area contributed by atoms with E-state index in [1.807, 2.05) is 27.7 Å². The third-order valence-electron chi connectivity index (χ3n) is 0.544. The fourth-order valence-corrected chi connectivity index (χ4v) is 0.544. The first kappa shape index (κ1) is 14.9. The Bertz CT molecular complexity index is 90.1. The van der Waals surface area contributed by atoms with Gasteiger partial charge in [-0.15, -0.1) is 0 Å². The van der Waals surface area contributed by atoms with Gasteiger partial charge in [-0.25, -0.2) is 0 Å². The molecule has 0 aliphatic rings. The largest absolute Gasteiger partial charge is 0.401 e. The van der Waals surface area contributed by atoms with Crippen LogP contribution in [-0.2, 0) is 4.74 Å². The Morgan fingerprint density at radius 3 is 1.17 bits per heavy atom. The van der Waals surface area contributed by atoms with E-state index < -0.39 is 4.84 Å². The van der Waals surface area contributed by atoms with E-state index in [0.717, 1.165) is 0 Å². The second-order valence-electron chi connectivity index (χ2n) is 2.66. The lowest BCUT2D eigenvalue weighted by molar-refractivity contribution is 0.0300. The molecule has 0 heterocycles. The molecule has 0 rings (SSSR count). The Hall–Kier alpha value is 0.400. The highest BCUT2D eigenvalue weighted by Gasteiger charge is 2.17. The van der Waals surface area contributed by atoms with Crippen LogP contribution in [0.5, 0.6) is 0 Å². The number of rotatable bonds is 2. The maximum Gasteiger partial charge on any atom is 0.401 e. The van der Waals surface area contributed by atoms with Crippen LogP contribution in [-0.4, -0.2) is 17.0 Å². The predicted octanol–water partition coefficient (Wildman–Crippen LogP) is 3.83. The number of halogens is 4. The molecule has 0 saturated carbocycles. The molecule has 1 nitrogen and oxygen atoms in total. The Morgan fingerprint density at radius 1 is 1.00 bits per heavy atom. The average molecular weight is 223 g/mol. The monoisotopic (exact) mass is 222 g/mol. The molecule has 0 bridgehead atoms. The summed E-state index contributed by atoms with van der Waals surface area (Å²) in [7, 11) is 0. The van der Waals surface area contributed by atoms with Crippen molar-refractivity contribution in [1.82, 2.24) is 0 Å². The highest BCUT2D eigenvalue weighted by molar-refractivity contribution is 6.45. The SMILES string of the molecule is CC(C)OC(C)C.FC(F)(Cl)Cl. The van der Waals surface area contributed by atoms with Crippen LogP contribution in [0.4, 0.5) is 8.78 Å². The lowest BCUT2D eigenvalue weighted by Crippen LogP contribution is -2.09. The van der Waals surface area contributed by atoms with E-state index in [2.05, 4.69) is 23.2 Å². The van der Waals surface area contributed by atoms with Crippen LogP contribution in [0.3, 0.4) is 0 Å². The van der Waals surface area contributed by atoms with Gasteiger partial charge in [0.15, 0.2) is 0 Å². The number of ether oxygens (including phenoxy) is 1. The van der Waals surface area contributed by atoms with E-state index >= 15 is 0 Å². The van der Waals surface area contributed by atoms with Gasteiger partial charge in [0.1, 0.15) is 0 Å². The predicted molar refractivity (Wildman–Crippen MR) is 48.0 cm³/mol. The number of hydrogen-bond acceptors (Lipinski definition) is 1. The molecule has 0 saturated heterocycles. The third-order valence-corrected chi connectivity index (χ3v) is 0.544. The summed E-state index contributed by atoms with van der Waals surface area (Å²) in [5, 5.41) is 0. The quantitative estimate of drug-likeness (QED) is 0.646. The maximum atomic E-state index is 10.6. The van der Waals surface area contributed by atoms with Crippen LogP contribution in [0.15, 0.2) is 0 Å². The summed E-state index contributed by atoms with van der Waals surface area (Å²) < 4.78 is 26.4. The van der Waals surface area contributed by atoms with Crippen molar-refractivity contribution in [2.45, 2.75) is 44.7 Å². The number of hydrogen-bond donors (Lipinski definition) is 0. The van der Waals surface area contributed by atoms with E-state index in [1.54, 1.807) is 0 Å². The van der Waals surface area contributed by atoms with Crippen LogP contribution >= 0.6 is 23.2 Å². The topological polar surface area (TPSA) is 9.23 Å². The minimum atomic E-state index is -3.56. The lowest BCUT2D eigenvalue weighted by Gasteiger charge is -2.09. The average Bonchev–Trinajstić information content (AvgIpc) is 1.52. The Morgan fingerprint density at radius 2 is 1.17 bits per heavy atom. The van der Waals surface area contributed by atoms with Crippen LogP contribution in [0.2, 0.25) is 0 Å². The first-order valence-electron chi connectivity index (χ1n) is 3.54. The summed E-state index contributed by atoms with van der Waals surface area (Å²) in [6, 6.07) is 0. The van der Waals surface area contributed by atoms with Gasteiger partial charge in [0.25, 0.3) is 0 Å². The summed E-state index contributed by atoms with van der Waals surface area (Å²) in [5.41, 5.74) is 0. The lowest BCUT2D eigenvalue weighted by atomic mass is 10.4. The Kier molecular flexibility index (Phi) is 8.53. The first-order chi connectivity index (χ1) is 5.13. The molecule has 0 radical (unpaired) electrons. The van der Waals surface area contributed by atoms with Crippen LogP contribution in [0.1, 0.15) is 27.7 Å². The van der Waals surface area contributed by atoms with Crippen molar-refractivity contribution in [1.29, 1.82) is 0 Å². The van der Waals surface area contributed by atoms with Crippen LogP contribution in [0, 0.1) is 0 Å². The summed E-state index contributed by atoms with van der Waals surface area (Å²) in [6.07, 6.45) is 0.750. The molecular formula is C7H14Cl2F2O. The van der Waals surface area contributed by atoms with Gasteiger partial charge in [-0.2, -0.15) is 8.78 Å². The first-order valence-corrected chi connectivity index (χ1v) is 4.29. The van der Waals surface area contributed by atoms with Gasteiger partial charge < -0.3 is 4.74 Å². The molecule has 0 N–H and O–H groups in total. The molecular weight excluding hydrogens is 209 g/mol. The van der Waals surface area contributed by atoms with Crippen molar-refractivity contribution in [3.05, 3.63) is 0 Å². The van der Waals surface area contributed by atoms with E-state index in [0.29, 0.717) is 12.2 Å². The summed E-state index contributed by atoms with van der Waals surface area (Å²) in [4.78, 5) is -3.56. The molecule has 0 aliphatic carbocycles. The fraction of sp³-hybridized carbons (Fsp3) is 1.00. The molecule has 0 aromatic rings. The van der Waals surface area contributed by atoms with Crippen LogP contribution in [0.25, 0.3) is 0 Å². The molecule has 0 aromatic heterocycles. The minimum Gasteiger partial charge on any atom is -0.376 e. The van der Waals surface area contributed by atoms with Gasteiger partial charge in [0.2, 0.25) is 0 Å². The van der Waals surface area contributed by atoms with Gasteiger partial charge >= 0.3 is 4.84 Å². The second kappa shape index (κ2) is 6.87. The Balaban J connectivity index is 0. The van der Waals surface area contributed by atoms with Crippen LogP contribution < -0.4 is 0 Å². The van der Waals surface area contributed by atoms with E-state index in [4.69, 9.17) is 4.74 Å². The minimum absolute atomic E-state index is 0.375. The van der Waals surface area contributed by atoms with Gasteiger partial charge in [-0.3, -0.25) is 0 Å². The maximum absolute atomic E-state index is 10.6. The zero-order valence-electron chi connectivity index (χ0n) is 7.57. The van der Waals surface area contributed by atoms with Gasteiger partial charge in [0, 0.05) is 0 Å². The van der Waals surface area contributed by atoms with Crippen molar-refractivity contribution in [2.24, 2.45) is 0 Å². The van der Waals surface area contributed by atoms with Crippen molar-refractivity contribution < 1.29 is 13.5 Å². The van der Waals surface area contributed by atoms with Gasteiger partial charge in [-0.1, -0.05) is 0 Å². The number of alkyl halides is 4.